The lowest BCUT2D eigenvalue weighted by atomic mass is 9.98. The summed E-state index contributed by atoms with van der Waals surface area (Å²) in [4.78, 5) is 5.09. The van der Waals surface area contributed by atoms with E-state index in [0.29, 0.717) is 16.7 Å². The van der Waals surface area contributed by atoms with Crippen molar-refractivity contribution in [1.29, 1.82) is 4.78 Å². The summed E-state index contributed by atoms with van der Waals surface area (Å²) in [6, 6.07) is 7.98. The predicted octanol–water partition coefficient (Wildman–Crippen LogP) is 6.34. The molecule has 31 heavy (non-hydrogen) atoms. The van der Waals surface area contributed by atoms with E-state index in [0.717, 1.165) is 6.07 Å². The predicted molar refractivity (Wildman–Crippen MR) is 101 cm³/mol. The molecule has 2 aromatic carbocycles. The Labute approximate surface area is 179 Å². The van der Waals surface area contributed by atoms with Crippen molar-refractivity contribution in [2.75, 3.05) is 0 Å². The van der Waals surface area contributed by atoms with Gasteiger partial charge in [0.2, 0.25) is 0 Å². The molecule has 0 heterocycles. The van der Waals surface area contributed by atoms with Gasteiger partial charge in [0.05, 0.1) is 16.8 Å². The van der Waals surface area contributed by atoms with E-state index in [-0.39, 0.29) is 24.8 Å². The van der Waals surface area contributed by atoms with Crippen molar-refractivity contribution in [1.82, 2.24) is 0 Å². The molecular weight excluding hydrogens is 474 g/mol. The zero-order valence-corrected chi connectivity index (χ0v) is 17.3. The maximum absolute atomic E-state index is 13.3. The van der Waals surface area contributed by atoms with Crippen LogP contribution in [0.3, 0.4) is 0 Å². The van der Waals surface area contributed by atoms with E-state index in [1.54, 1.807) is 24.3 Å². The molecule has 2 rings (SSSR count). The molecule has 0 amide bonds. The lowest BCUT2D eigenvalue weighted by molar-refractivity contribution is -0.143. The Morgan fingerprint density at radius 3 is 2.03 bits per heavy atom. The monoisotopic (exact) mass is 488 g/mol. The van der Waals surface area contributed by atoms with Crippen LogP contribution in [-0.2, 0) is 34.3 Å². The van der Waals surface area contributed by atoms with Gasteiger partial charge >= 0.3 is 22.9 Å². The van der Waals surface area contributed by atoms with Gasteiger partial charge in [-0.25, -0.2) is 0 Å². The molecule has 0 saturated carbocycles. The molecule has 2 aromatic rings. The Bertz CT molecular complexity index is 1010. The largest absolute Gasteiger partial charge is 0.417 e. The van der Waals surface area contributed by atoms with Gasteiger partial charge in [-0.05, 0) is 36.2 Å². The average Bonchev–Trinajstić information content (AvgIpc) is 2.64. The van der Waals surface area contributed by atoms with Crippen molar-refractivity contribution < 1.29 is 39.6 Å². The SMILES string of the molecule is CC/C(=N\OCc1ccc(Cl)cc1)c1ccc(C(F)(F)F)cc1C(F)(F)F.N=S(=O)=O. The topological polar surface area (TPSA) is 79.6 Å². The number of hydrogen-bond acceptors (Lipinski definition) is 5. The van der Waals surface area contributed by atoms with Crippen LogP contribution in [0.15, 0.2) is 47.6 Å². The minimum Gasteiger partial charge on any atom is -0.391 e. The molecule has 0 fully saturated rings. The van der Waals surface area contributed by atoms with Gasteiger partial charge in [-0.1, -0.05) is 41.9 Å². The van der Waals surface area contributed by atoms with Crippen LogP contribution in [0.2, 0.25) is 5.02 Å². The lowest BCUT2D eigenvalue weighted by Crippen LogP contribution is -2.16. The van der Waals surface area contributed by atoms with Crippen LogP contribution in [0.4, 0.5) is 26.3 Å². The van der Waals surface area contributed by atoms with Crippen molar-refractivity contribution in [3.05, 3.63) is 69.7 Å². The van der Waals surface area contributed by atoms with Crippen molar-refractivity contribution in [3.8, 4) is 0 Å². The fourth-order valence-electron chi connectivity index (χ4n) is 2.28. The number of alkyl halides is 6. The van der Waals surface area contributed by atoms with E-state index in [4.69, 9.17) is 29.6 Å². The molecular formula is C18H15ClF6N2O3S. The van der Waals surface area contributed by atoms with Gasteiger partial charge in [-0.15, -0.1) is 0 Å². The molecule has 0 unspecified atom stereocenters. The third kappa shape index (κ3) is 8.97. The molecule has 0 bridgehead atoms. The normalized spacial score (nSPS) is 12.1. The number of nitrogens with one attached hydrogen (secondary N) is 1. The second-order valence-corrected chi connectivity index (χ2v) is 6.69. The zero-order chi connectivity index (χ0) is 23.8. The van der Waals surface area contributed by atoms with E-state index in [1.807, 2.05) is 0 Å². The Morgan fingerprint density at radius 2 is 1.58 bits per heavy atom. The summed E-state index contributed by atoms with van der Waals surface area (Å²) in [6.45, 7) is 1.50. The molecule has 170 valence electrons. The highest BCUT2D eigenvalue weighted by Crippen LogP contribution is 2.37. The van der Waals surface area contributed by atoms with E-state index in [9.17, 15) is 26.3 Å². The summed E-state index contributed by atoms with van der Waals surface area (Å²) >= 11 is 5.75. The van der Waals surface area contributed by atoms with Gasteiger partial charge < -0.3 is 4.84 Å². The number of benzene rings is 2. The molecule has 0 aromatic heterocycles. The maximum Gasteiger partial charge on any atom is 0.417 e. The second-order valence-electron chi connectivity index (χ2n) is 5.78. The summed E-state index contributed by atoms with van der Waals surface area (Å²) in [7, 11) is -2.61. The summed E-state index contributed by atoms with van der Waals surface area (Å²) < 4.78 is 101. The highest BCUT2D eigenvalue weighted by molar-refractivity contribution is 7.60. The van der Waals surface area contributed by atoms with Gasteiger partial charge in [0.1, 0.15) is 6.61 Å². The summed E-state index contributed by atoms with van der Waals surface area (Å²) in [5, 5.41) is 4.21. The van der Waals surface area contributed by atoms with Crippen LogP contribution in [0, 0.1) is 4.78 Å². The van der Waals surface area contributed by atoms with Gasteiger partial charge in [0, 0.05) is 10.6 Å². The summed E-state index contributed by atoms with van der Waals surface area (Å²) in [5.41, 5.74) is -2.66. The number of halogens is 7. The Balaban J connectivity index is 0.00000110. The van der Waals surface area contributed by atoms with Crippen molar-refractivity contribution in [2.24, 2.45) is 5.16 Å². The first-order chi connectivity index (χ1) is 14.3. The molecule has 0 aliphatic heterocycles. The highest BCUT2D eigenvalue weighted by atomic mass is 35.5. The third-order valence-corrected chi connectivity index (χ3v) is 3.87. The van der Waals surface area contributed by atoms with Crippen LogP contribution in [-0.4, -0.2) is 14.1 Å². The minimum atomic E-state index is -4.97. The summed E-state index contributed by atoms with van der Waals surface area (Å²) in [5.74, 6) is 0. The molecule has 0 aliphatic rings. The van der Waals surface area contributed by atoms with Crippen LogP contribution in [0.25, 0.3) is 0 Å². The van der Waals surface area contributed by atoms with Crippen molar-refractivity contribution in [3.63, 3.8) is 0 Å². The fraction of sp³-hybridized carbons (Fsp3) is 0.278. The van der Waals surface area contributed by atoms with Crippen LogP contribution < -0.4 is 0 Å². The molecule has 13 heteroatoms. The number of nitrogens with zero attached hydrogens (tertiary/aromatic N) is 1. The van der Waals surface area contributed by atoms with Crippen molar-refractivity contribution in [2.45, 2.75) is 32.3 Å². The molecule has 0 aliphatic carbocycles. The smallest absolute Gasteiger partial charge is 0.391 e. The number of rotatable bonds is 5. The molecule has 1 N–H and O–H groups in total. The van der Waals surface area contributed by atoms with Crippen molar-refractivity contribution >= 4 is 27.8 Å². The quantitative estimate of drug-likeness (QED) is 0.303. The van der Waals surface area contributed by atoms with E-state index in [1.165, 1.54) is 6.92 Å². The average molecular weight is 489 g/mol. The van der Waals surface area contributed by atoms with Crippen LogP contribution >= 0.6 is 11.6 Å². The summed E-state index contributed by atoms with van der Waals surface area (Å²) in [6.07, 6.45) is -9.81. The van der Waals surface area contributed by atoms with Gasteiger partial charge in [0.15, 0.2) is 0 Å². The van der Waals surface area contributed by atoms with E-state index >= 15 is 0 Å². The molecule has 0 atom stereocenters. The minimum absolute atomic E-state index is 0.0251. The molecule has 0 radical (unpaired) electrons. The molecule has 0 saturated heterocycles. The third-order valence-electron chi connectivity index (χ3n) is 3.62. The first-order valence-corrected chi connectivity index (χ1v) is 9.73. The van der Waals surface area contributed by atoms with E-state index in [2.05, 4.69) is 5.16 Å². The maximum atomic E-state index is 13.3. The second kappa shape index (κ2) is 11.1. The first kappa shape index (κ1) is 26.4. The fourth-order valence-corrected chi connectivity index (χ4v) is 2.40. The van der Waals surface area contributed by atoms with Gasteiger partial charge in [0.25, 0.3) is 0 Å². The molecule has 0 spiro atoms. The Hall–Kier alpha value is -2.60. The van der Waals surface area contributed by atoms with Crippen LogP contribution in [0.1, 0.15) is 35.6 Å². The number of hydrogen-bond donors (Lipinski definition) is 1. The highest BCUT2D eigenvalue weighted by Gasteiger charge is 2.38. The van der Waals surface area contributed by atoms with Gasteiger partial charge in [-0.2, -0.15) is 39.5 Å². The molecule has 5 nitrogen and oxygen atoms in total. The zero-order valence-electron chi connectivity index (χ0n) is 15.7. The first-order valence-electron chi connectivity index (χ1n) is 8.28. The standard InChI is InChI=1S/C18H14ClF6NO.HNO2S/c1-2-16(26-27-10-11-3-6-13(19)7-4-11)14-8-5-12(17(20,21)22)9-15(14)18(23,24)25;1-4(2)3/h3-9H,2,10H2,1H3;1H/b26-16+;. The lowest BCUT2D eigenvalue weighted by Gasteiger charge is -2.16. The number of oxime groups is 1. The van der Waals surface area contributed by atoms with Gasteiger partial charge in [-0.3, -0.25) is 0 Å². The van der Waals surface area contributed by atoms with Crippen LogP contribution in [0.5, 0.6) is 0 Å². The Morgan fingerprint density at radius 1 is 1.03 bits per heavy atom. The Kier molecular flexibility index (Phi) is 9.50. The van der Waals surface area contributed by atoms with E-state index < -0.39 is 39.5 Å².